The van der Waals surface area contributed by atoms with Gasteiger partial charge < -0.3 is 34.7 Å². The third kappa shape index (κ3) is 7.39. The zero-order valence-electron chi connectivity index (χ0n) is 24.1. The number of amides is 1. The maximum atomic E-state index is 13.6. The zero-order chi connectivity index (χ0) is 28.5. The second-order valence-corrected chi connectivity index (χ2v) is 11.2. The molecule has 10 nitrogen and oxygen atoms in total. The van der Waals surface area contributed by atoms with E-state index in [9.17, 15) is 14.7 Å². The Balaban J connectivity index is 1.59. The molecule has 40 heavy (non-hydrogen) atoms. The van der Waals surface area contributed by atoms with Crippen LogP contribution < -0.4 is 19.9 Å². The van der Waals surface area contributed by atoms with E-state index in [1.165, 1.54) is 0 Å². The van der Waals surface area contributed by atoms with Crippen molar-refractivity contribution in [1.82, 2.24) is 9.80 Å². The fourth-order valence-electron chi connectivity index (χ4n) is 6.38. The van der Waals surface area contributed by atoms with Gasteiger partial charge >= 0.3 is 5.97 Å². The standard InChI is InChI=1S/C30H47N3O7/c1-3-4-13-32(14-7-6-12-31)27(34)19-33-18-23(21-16-25(37-2)29-26(17-21)39-20-40-29)28(30(35)36)24(33)11-10-22-9-5-8-15-38-22/h16-17,22-24,28H,3-15,18-20,31H2,1-2H3,(H,35,36)/t22?,23-,24+,28?/m1/s1. The number of aliphatic carboxylic acids is 1. The monoisotopic (exact) mass is 561 g/mol. The summed E-state index contributed by atoms with van der Waals surface area (Å²) in [6.45, 7) is 5.63. The van der Waals surface area contributed by atoms with Crippen LogP contribution in [0.4, 0.5) is 0 Å². The molecule has 4 rings (SSSR count). The van der Waals surface area contributed by atoms with E-state index in [1.54, 1.807) is 7.11 Å². The maximum absolute atomic E-state index is 13.6. The number of carboxylic acid groups (broad SMARTS) is 1. The molecule has 0 bridgehead atoms. The number of ether oxygens (including phenoxy) is 4. The molecule has 10 heteroatoms. The Morgan fingerprint density at radius 1 is 1.15 bits per heavy atom. The van der Waals surface area contributed by atoms with Gasteiger partial charge in [0.05, 0.1) is 25.7 Å². The van der Waals surface area contributed by atoms with E-state index in [1.807, 2.05) is 17.0 Å². The number of benzene rings is 1. The first-order valence-corrected chi connectivity index (χ1v) is 15.0. The molecular formula is C30H47N3O7. The van der Waals surface area contributed by atoms with E-state index >= 15 is 0 Å². The quantitative estimate of drug-likeness (QED) is 0.309. The average Bonchev–Trinajstić information content (AvgIpc) is 3.58. The molecule has 0 aliphatic carbocycles. The smallest absolute Gasteiger partial charge is 0.308 e. The van der Waals surface area contributed by atoms with Gasteiger partial charge in [-0.1, -0.05) is 13.3 Å². The summed E-state index contributed by atoms with van der Waals surface area (Å²) in [6.07, 6.45) is 8.48. The van der Waals surface area contributed by atoms with E-state index in [2.05, 4.69) is 11.8 Å². The summed E-state index contributed by atoms with van der Waals surface area (Å²) in [6, 6.07) is 3.45. The van der Waals surface area contributed by atoms with Crippen LogP contribution in [0.15, 0.2) is 12.1 Å². The lowest BCUT2D eigenvalue weighted by atomic mass is 9.83. The molecule has 3 aliphatic heterocycles. The average molecular weight is 562 g/mol. The van der Waals surface area contributed by atoms with Gasteiger partial charge in [0.25, 0.3) is 0 Å². The molecule has 3 aliphatic rings. The van der Waals surface area contributed by atoms with Gasteiger partial charge in [0.1, 0.15) is 0 Å². The lowest BCUT2D eigenvalue weighted by Gasteiger charge is -2.31. The van der Waals surface area contributed by atoms with Crippen LogP contribution in [0.5, 0.6) is 17.2 Å². The number of hydrogen-bond donors (Lipinski definition) is 2. The van der Waals surface area contributed by atoms with Crippen LogP contribution in [0.3, 0.4) is 0 Å². The second-order valence-electron chi connectivity index (χ2n) is 11.2. The molecule has 1 aromatic carbocycles. The SMILES string of the molecule is CCCCN(CCCCN)C(=O)CN1C[C@H](c2cc(OC)c3c(c2)OCO3)C(C(=O)O)[C@@H]1CCC1CCCCO1. The number of unbranched alkanes of at least 4 members (excludes halogenated alkanes) is 2. The first-order valence-electron chi connectivity index (χ1n) is 15.0. The van der Waals surface area contributed by atoms with Gasteiger partial charge in [-0.2, -0.15) is 0 Å². The molecule has 224 valence electrons. The van der Waals surface area contributed by atoms with Crippen molar-refractivity contribution < 1.29 is 33.6 Å². The number of carbonyl (C=O) groups excluding carboxylic acids is 1. The predicted octanol–water partition coefficient (Wildman–Crippen LogP) is 3.61. The van der Waals surface area contributed by atoms with Crippen molar-refractivity contribution >= 4 is 11.9 Å². The third-order valence-electron chi connectivity index (χ3n) is 8.56. The molecule has 2 unspecified atom stereocenters. The summed E-state index contributed by atoms with van der Waals surface area (Å²) in [4.78, 5) is 30.6. The summed E-state index contributed by atoms with van der Waals surface area (Å²) in [5.41, 5.74) is 6.53. The molecule has 2 fully saturated rings. The summed E-state index contributed by atoms with van der Waals surface area (Å²) in [7, 11) is 1.57. The van der Waals surface area contributed by atoms with Crippen LogP contribution in [0.2, 0.25) is 0 Å². The Labute approximate surface area is 238 Å². The first-order chi connectivity index (χ1) is 19.5. The molecule has 1 amide bonds. The summed E-state index contributed by atoms with van der Waals surface area (Å²) < 4.78 is 22.8. The molecule has 0 radical (unpaired) electrons. The van der Waals surface area contributed by atoms with Crippen LogP contribution in [0.1, 0.15) is 76.2 Å². The summed E-state index contributed by atoms with van der Waals surface area (Å²) in [5.74, 6) is -0.171. The molecular weight excluding hydrogens is 514 g/mol. The zero-order valence-corrected chi connectivity index (χ0v) is 24.1. The normalized spacial score (nSPS) is 24.3. The van der Waals surface area contributed by atoms with E-state index in [-0.39, 0.29) is 37.3 Å². The lowest BCUT2D eigenvalue weighted by Crippen LogP contribution is -2.45. The fraction of sp³-hybridized carbons (Fsp3) is 0.733. The first kappa shape index (κ1) is 30.4. The number of hydrogen-bond acceptors (Lipinski definition) is 8. The highest BCUT2D eigenvalue weighted by molar-refractivity contribution is 5.79. The van der Waals surface area contributed by atoms with Gasteiger partial charge in [-0.15, -0.1) is 0 Å². The molecule has 0 saturated carbocycles. The van der Waals surface area contributed by atoms with Crippen molar-refractivity contribution in [3.05, 3.63) is 17.7 Å². The topological polar surface area (TPSA) is 124 Å². The van der Waals surface area contributed by atoms with Gasteiger partial charge in [0.15, 0.2) is 11.5 Å². The number of methoxy groups -OCH3 is 1. The summed E-state index contributed by atoms with van der Waals surface area (Å²) >= 11 is 0. The predicted molar refractivity (Wildman–Crippen MR) is 151 cm³/mol. The van der Waals surface area contributed by atoms with E-state index < -0.39 is 11.9 Å². The van der Waals surface area contributed by atoms with Crippen LogP contribution in [0.25, 0.3) is 0 Å². The molecule has 1 aromatic rings. The number of likely N-dealkylation sites (tertiary alicyclic amines) is 1. The minimum atomic E-state index is -0.850. The fourth-order valence-corrected chi connectivity index (χ4v) is 6.38. The summed E-state index contributed by atoms with van der Waals surface area (Å²) in [5, 5.41) is 10.5. The number of carbonyl (C=O) groups is 2. The van der Waals surface area contributed by atoms with Crippen LogP contribution >= 0.6 is 0 Å². The molecule has 3 N–H and O–H groups in total. The van der Waals surface area contributed by atoms with Crippen LogP contribution in [0, 0.1) is 5.92 Å². The van der Waals surface area contributed by atoms with Gasteiger partial charge in [-0.05, 0) is 75.6 Å². The van der Waals surface area contributed by atoms with Crippen molar-refractivity contribution in [1.29, 1.82) is 0 Å². The van der Waals surface area contributed by atoms with Gasteiger partial charge in [-0.3, -0.25) is 14.5 Å². The van der Waals surface area contributed by atoms with Gasteiger partial charge in [0, 0.05) is 38.2 Å². The largest absolute Gasteiger partial charge is 0.493 e. The third-order valence-corrected chi connectivity index (χ3v) is 8.56. The Morgan fingerprint density at radius 2 is 1.98 bits per heavy atom. The minimum Gasteiger partial charge on any atom is -0.493 e. The van der Waals surface area contributed by atoms with Crippen LogP contribution in [-0.2, 0) is 14.3 Å². The second kappa shape index (κ2) is 14.9. The van der Waals surface area contributed by atoms with Gasteiger partial charge in [-0.25, -0.2) is 0 Å². The highest BCUT2D eigenvalue weighted by Crippen LogP contribution is 2.47. The number of nitrogens with zero attached hydrogens (tertiary/aromatic N) is 2. The van der Waals surface area contributed by atoms with Crippen molar-refractivity contribution in [2.24, 2.45) is 11.7 Å². The van der Waals surface area contributed by atoms with Crippen molar-refractivity contribution in [3.63, 3.8) is 0 Å². The maximum Gasteiger partial charge on any atom is 0.308 e. The van der Waals surface area contributed by atoms with Gasteiger partial charge in [0.2, 0.25) is 18.4 Å². The minimum absolute atomic E-state index is 0.0532. The number of rotatable bonds is 15. The van der Waals surface area contributed by atoms with Crippen molar-refractivity contribution in [2.75, 3.05) is 53.2 Å². The van der Waals surface area contributed by atoms with E-state index in [0.717, 1.165) is 63.5 Å². The Kier molecular flexibility index (Phi) is 11.3. The Morgan fingerprint density at radius 3 is 2.67 bits per heavy atom. The number of fused-ring (bicyclic) bond motifs is 1. The molecule has 3 heterocycles. The Hall–Kier alpha value is -2.56. The highest BCUT2D eigenvalue weighted by atomic mass is 16.7. The Bertz CT molecular complexity index is 984. The van der Waals surface area contributed by atoms with E-state index in [4.69, 9.17) is 24.7 Å². The van der Waals surface area contributed by atoms with E-state index in [0.29, 0.717) is 49.8 Å². The molecule has 2 saturated heterocycles. The van der Waals surface area contributed by atoms with Crippen molar-refractivity contribution in [3.8, 4) is 17.2 Å². The van der Waals surface area contributed by atoms with Crippen molar-refractivity contribution in [2.45, 2.75) is 82.8 Å². The number of nitrogens with two attached hydrogens (primary N) is 1. The molecule has 0 spiro atoms. The highest BCUT2D eigenvalue weighted by Gasteiger charge is 2.47. The lowest BCUT2D eigenvalue weighted by molar-refractivity contribution is -0.144. The molecule has 0 aromatic heterocycles. The molecule has 4 atom stereocenters. The number of carboxylic acids is 1. The van der Waals surface area contributed by atoms with Crippen LogP contribution in [-0.4, -0.2) is 92.2 Å².